The molecule has 2 rings (SSSR count). The molecule has 1 atom stereocenters. The standard InChI is InChI=1S/C14H17NO6/c1-14(2)13(20)15(6-9(17)7-16)10-4-3-8(12(18)19)5-11(10)21-14/h3-5,9,16-17H,6-7H2,1-2H3,(H,18,19). The summed E-state index contributed by atoms with van der Waals surface area (Å²) in [6.45, 7) is 2.54. The van der Waals surface area contributed by atoms with Crippen LogP contribution in [-0.2, 0) is 4.79 Å². The third kappa shape index (κ3) is 2.84. The van der Waals surface area contributed by atoms with Crippen LogP contribution in [0, 0.1) is 0 Å². The van der Waals surface area contributed by atoms with Crippen LogP contribution in [0.2, 0.25) is 0 Å². The maximum atomic E-state index is 12.4. The van der Waals surface area contributed by atoms with Crippen LogP contribution in [0.5, 0.6) is 5.75 Å². The lowest BCUT2D eigenvalue weighted by Crippen LogP contribution is -2.54. The first kappa shape index (κ1) is 15.3. The van der Waals surface area contributed by atoms with Gasteiger partial charge in [0.15, 0.2) is 5.60 Å². The number of hydrogen-bond acceptors (Lipinski definition) is 5. The van der Waals surface area contributed by atoms with Crippen molar-refractivity contribution in [3.8, 4) is 5.75 Å². The number of nitrogens with zero attached hydrogens (tertiary/aromatic N) is 1. The van der Waals surface area contributed by atoms with Gasteiger partial charge in [-0.1, -0.05) is 0 Å². The van der Waals surface area contributed by atoms with E-state index in [1.807, 2.05) is 0 Å². The Balaban J connectivity index is 2.47. The van der Waals surface area contributed by atoms with Gasteiger partial charge in [-0.2, -0.15) is 0 Å². The Morgan fingerprint density at radius 3 is 2.67 bits per heavy atom. The number of aliphatic hydroxyl groups excluding tert-OH is 2. The van der Waals surface area contributed by atoms with Crippen molar-refractivity contribution in [2.75, 3.05) is 18.1 Å². The summed E-state index contributed by atoms with van der Waals surface area (Å²) in [4.78, 5) is 24.7. The third-order valence-electron chi connectivity index (χ3n) is 3.23. The number of hydrogen-bond donors (Lipinski definition) is 3. The summed E-state index contributed by atoms with van der Waals surface area (Å²) in [6.07, 6.45) is -1.09. The number of carbonyl (C=O) groups is 2. The summed E-state index contributed by atoms with van der Waals surface area (Å²) in [6, 6.07) is 4.15. The number of anilines is 1. The highest BCUT2D eigenvalue weighted by Crippen LogP contribution is 2.38. The van der Waals surface area contributed by atoms with E-state index in [1.54, 1.807) is 13.8 Å². The molecule has 0 aliphatic carbocycles. The van der Waals surface area contributed by atoms with Gasteiger partial charge in [-0.05, 0) is 32.0 Å². The normalized spacial score (nSPS) is 17.9. The molecule has 1 aromatic carbocycles. The SMILES string of the molecule is CC1(C)Oc2cc(C(=O)O)ccc2N(CC(O)CO)C1=O. The molecule has 0 aromatic heterocycles. The van der Waals surface area contributed by atoms with Crippen LogP contribution in [0.15, 0.2) is 18.2 Å². The zero-order valence-corrected chi connectivity index (χ0v) is 11.7. The van der Waals surface area contributed by atoms with E-state index >= 15 is 0 Å². The lowest BCUT2D eigenvalue weighted by atomic mass is 10.0. The zero-order chi connectivity index (χ0) is 15.8. The van der Waals surface area contributed by atoms with Crippen LogP contribution in [0.4, 0.5) is 5.69 Å². The Morgan fingerprint density at radius 1 is 1.43 bits per heavy atom. The molecule has 1 unspecified atom stereocenters. The largest absolute Gasteiger partial charge is 0.478 e. The number of ether oxygens (including phenoxy) is 1. The minimum Gasteiger partial charge on any atom is -0.478 e. The number of aromatic carboxylic acids is 1. The van der Waals surface area contributed by atoms with Crippen molar-refractivity contribution in [3.63, 3.8) is 0 Å². The fourth-order valence-corrected chi connectivity index (χ4v) is 2.15. The molecule has 1 aliphatic heterocycles. The second-order valence-electron chi connectivity index (χ2n) is 5.35. The van der Waals surface area contributed by atoms with Crippen LogP contribution < -0.4 is 9.64 Å². The fourth-order valence-electron chi connectivity index (χ4n) is 2.15. The van der Waals surface area contributed by atoms with Crippen molar-refractivity contribution >= 4 is 17.6 Å². The first-order valence-electron chi connectivity index (χ1n) is 6.43. The Labute approximate surface area is 121 Å². The van der Waals surface area contributed by atoms with Gasteiger partial charge in [-0.3, -0.25) is 4.79 Å². The van der Waals surface area contributed by atoms with Crippen LogP contribution in [-0.4, -0.2) is 52.1 Å². The average Bonchev–Trinajstić information content (AvgIpc) is 2.42. The second-order valence-corrected chi connectivity index (χ2v) is 5.35. The molecule has 21 heavy (non-hydrogen) atoms. The molecule has 114 valence electrons. The Hall–Kier alpha value is -2.12. The molecule has 7 nitrogen and oxygen atoms in total. The number of carbonyl (C=O) groups excluding carboxylic acids is 1. The van der Waals surface area contributed by atoms with E-state index < -0.39 is 24.3 Å². The quantitative estimate of drug-likeness (QED) is 0.734. The number of aliphatic hydroxyl groups is 2. The van der Waals surface area contributed by atoms with Crippen molar-refractivity contribution in [1.82, 2.24) is 0 Å². The van der Waals surface area contributed by atoms with E-state index in [1.165, 1.54) is 23.1 Å². The summed E-state index contributed by atoms with van der Waals surface area (Å²) in [5, 5.41) is 27.5. The Morgan fingerprint density at radius 2 is 2.10 bits per heavy atom. The molecule has 0 fully saturated rings. The number of fused-ring (bicyclic) bond motifs is 1. The third-order valence-corrected chi connectivity index (χ3v) is 3.23. The lowest BCUT2D eigenvalue weighted by Gasteiger charge is -2.39. The van der Waals surface area contributed by atoms with Crippen LogP contribution in [0.3, 0.4) is 0 Å². The summed E-state index contributed by atoms with van der Waals surface area (Å²) in [7, 11) is 0. The second kappa shape index (κ2) is 5.34. The minimum absolute atomic E-state index is 0.0431. The molecule has 3 N–H and O–H groups in total. The molecule has 1 heterocycles. The van der Waals surface area contributed by atoms with Gasteiger partial charge in [0, 0.05) is 0 Å². The van der Waals surface area contributed by atoms with Gasteiger partial charge < -0.3 is 25.0 Å². The van der Waals surface area contributed by atoms with Crippen LogP contribution >= 0.6 is 0 Å². The summed E-state index contributed by atoms with van der Waals surface area (Å²) in [5.41, 5.74) is -0.766. The van der Waals surface area contributed by atoms with Crippen molar-refractivity contribution < 1.29 is 29.6 Å². The highest BCUT2D eigenvalue weighted by Gasteiger charge is 2.41. The Bertz CT molecular complexity index is 583. The number of carboxylic acid groups (broad SMARTS) is 1. The van der Waals surface area contributed by atoms with Crippen molar-refractivity contribution in [2.24, 2.45) is 0 Å². The van der Waals surface area contributed by atoms with Gasteiger partial charge in [0.25, 0.3) is 5.91 Å². The van der Waals surface area contributed by atoms with E-state index in [9.17, 15) is 14.7 Å². The molecule has 0 saturated heterocycles. The predicted molar refractivity (Wildman–Crippen MR) is 73.6 cm³/mol. The van der Waals surface area contributed by atoms with Gasteiger partial charge in [0.2, 0.25) is 0 Å². The highest BCUT2D eigenvalue weighted by molar-refractivity contribution is 6.03. The van der Waals surface area contributed by atoms with E-state index in [-0.39, 0.29) is 23.8 Å². The number of carboxylic acids is 1. The predicted octanol–water partition coefficient (Wildman–Crippen LogP) is 0.242. The molecular weight excluding hydrogens is 278 g/mol. The number of benzene rings is 1. The van der Waals surface area contributed by atoms with Gasteiger partial charge in [-0.15, -0.1) is 0 Å². The van der Waals surface area contributed by atoms with E-state index in [4.69, 9.17) is 14.9 Å². The molecule has 0 radical (unpaired) electrons. The van der Waals surface area contributed by atoms with Crippen molar-refractivity contribution in [3.05, 3.63) is 23.8 Å². The van der Waals surface area contributed by atoms with Crippen LogP contribution in [0.1, 0.15) is 24.2 Å². The molecule has 0 bridgehead atoms. The van der Waals surface area contributed by atoms with Gasteiger partial charge >= 0.3 is 5.97 Å². The molecule has 1 aromatic rings. The molecule has 0 saturated carbocycles. The molecule has 1 aliphatic rings. The molecule has 1 amide bonds. The van der Waals surface area contributed by atoms with E-state index in [2.05, 4.69) is 0 Å². The highest BCUT2D eigenvalue weighted by atomic mass is 16.5. The first-order valence-corrected chi connectivity index (χ1v) is 6.43. The smallest absolute Gasteiger partial charge is 0.335 e. The molecule has 7 heteroatoms. The topological polar surface area (TPSA) is 107 Å². The van der Waals surface area contributed by atoms with Crippen molar-refractivity contribution in [2.45, 2.75) is 25.6 Å². The van der Waals surface area contributed by atoms with Crippen molar-refractivity contribution in [1.29, 1.82) is 0 Å². The van der Waals surface area contributed by atoms with E-state index in [0.717, 1.165) is 0 Å². The minimum atomic E-state index is -1.18. The fraction of sp³-hybridized carbons (Fsp3) is 0.429. The summed E-state index contributed by atoms with van der Waals surface area (Å²) >= 11 is 0. The maximum absolute atomic E-state index is 12.4. The van der Waals surface area contributed by atoms with E-state index in [0.29, 0.717) is 5.69 Å². The van der Waals surface area contributed by atoms with Gasteiger partial charge in [0.05, 0.1) is 30.5 Å². The molecular formula is C14H17NO6. The molecule has 0 spiro atoms. The van der Waals surface area contributed by atoms with Crippen LogP contribution in [0.25, 0.3) is 0 Å². The monoisotopic (exact) mass is 295 g/mol. The van der Waals surface area contributed by atoms with Gasteiger partial charge in [0.1, 0.15) is 5.75 Å². The van der Waals surface area contributed by atoms with Gasteiger partial charge in [-0.25, -0.2) is 4.79 Å². The Kier molecular flexibility index (Phi) is 3.89. The zero-order valence-electron chi connectivity index (χ0n) is 11.7. The first-order chi connectivity index (χ1) is 9.76. The number of amides is 1. The maximum Gasteiger partial charge on any atom is 0.335 e. The average molecular weight is 295 g/mol. The number of rotatable bonds is 4. The summed E-state index contributed by atoms with van der Waals surface area (Å²) < 4.78 is 5.57. The lowest BCUT2D eigenvalue weighted by molar-refractivity contribution is -0.133. The number of β-amino-alcohol motifs (C(OH)–C–C–N with tert-alkyl or cyclic N) is 1. The summed E-state index contributed by atoms with van der Waals surface area (Å²) in [5.74, 6) is -1.21.